The molecule has 0 amide bonds. The summed E-state index contributed by atoms with van der Waals surface area (Å²) in [6.45, 7) is 3.79. The molecule has 112 valence electrons. The van der Waals surface area contributed by atoms with Gasteiger partial charge in [0, 0.05) is 24.7 Å². The summed E-state index contributed by atoms with van der Waals surface area (Å²) in [5, 5.41) is 3.15. The van der Waals surface area contributed by atoms with E-state index >= 15 is 0 Å². The Morgan fingerprint density at radius 1 is 1.35 bits per heavy atom. The van der Waals surface area contributed by atoms with E-state index in [9.17, 15) is 4.39 Å². The summed E-state index contributed by atoms with van der Waals surface area (Å²) in [5.41, 5.74) is 0.750. The summed E-state index contributed by atoms with van der Waals surface area (Å²) in [5.74, 6) is -0.132. The highest BCUT2D eigenvalue weighted by atomic mass is 19.1. The van der Waals surface area contributed by atoms with Crippen LogP contribution in [0.5, 0.6) is 0 Å². The summed E-state index contributed by atoms with van der Waals surface area (Å²) in [7, 11) is 3.98. The highest BCUT2D eigenvalue weighted by Crippen LogP contribution is 2.25. The van der Waals surface area contributed by atoms with E-state index in [0.29, 0.717) is 6.10 Å². The van der Waals surface area contributed by atoms with E-state index in [0.717, 1.165) is 31.5 Å². The lowest BCUT2D eigenvalue weighted by Crippen LogP contribution is -2.33. The molecular formula is C16H25FN2O. The lowest BCUT2D eigenvalue weighted by Gasteiger charge is -2.28. The minimum Gasteiger partial charge on any atom is -0.372 e. The van der Waals surface area contributed by atoms with Crippen LogP contribution in [0.25, 0.3) is 0 Å². The molecule has 0 radical (unpaired) electrons. The molecule has 1 aromatic rings. The van der Waals surface area contributed by atoms with Crippen molar-refractivity contribution in [1.82, 2.24) is 10.2 Å². The van der Waals surface area contributed by atoms with Crippen molar-refractivity contribution in [3.05, 3.63) is 35.6 Å². The third kappa shape index (κ3) is 3.78. The predicted molar refractivity (Wildman–Crippen MR) is 79.3 cm³/mol. The van der Waals surface area contributed by atoms with Crippen molar-refractivity contribution in [2.24, 2.45) is 0 Å². The van der Waals surface area contributed by atoms with E-state index in [1.807, 2.05) is 33.2 Å². The standard InChI is InChI=1S/C16H25FN2O/c1-12(15-6-4-5-7-16(15)17)19(3)11-14-9-8-13(20-14)10-18-2/h4-7,12-14,18H,8-11H2,1-3H3. The molecule has 20 heavy (non-hydrogen) atoms. The first-order valence-electron chi connectivity index (χ1n) is 7.36. The van der Waals surface area contributed by atoms with Crippen molar-refractivity contribution in [1.29, 1.82) is 0 Å². The zero-order valence-electron chi connectivity index (χ0n) is 12.6. The maximum Gasteiger partial charge on any atom is 0.127 e. The highest BCUT2D eigenvalue weighted by molar-refractivity contribution is 5.20. The molecule has 1 aromatic carbocycles. The quantitative estimate of drug-likeness (QED) is 0.867. The lowest BCUT2D eigenvalue weighted by molar-refractivity contribution is 0.0222. The number of nitrogens with zero attached hydrogens (tertiary/aromatic N) is 1. The van der Waals surface area contributed by atoms with Crippen LogP contribution in [0, 0.1) is 5.82 Å². The summed E-state index contributed by atoms with van der Waals surface area (Å²) in [4.78, 5) is 2.17. The van der Waals surface area contributed by atoms with Crippen LogP contribution in [-0.2, 0) is 4.74 Å². The summed E-state index contributed by atoms with van der Waals surface area (Å²) in [6, 6.07) is 7.05. The van der Waals surface area contributed by atoms with Crippen LogP contribution in [0.2, 0.25) is 0 Å². The number of likely N-dealkylation sites (N-methyl/N-ethyl adjacent to an activating group) is 2. The van der Waals surface area contributed by atoms with Gasteiger partial charge in [-0.05, 0) is 39.9 Å². The largest absolute Gasteiger partial charge is 0.372 e. The monoisotopic (exact) mass is 280 g/mol. The van der Waals surface area contributed by atoms with Crippen LogP contribution in [-0.4, -0.2) is 44.3 Å². The topological polar surface area (TPSA) is 24.5 Å². The zero-order chi connectivity index (χ0) is 14.5. The molecule has 1 saturated heterocycles. The lowest BCUT2D eigenvalue weighted by atomic mass is 10.1. The number of hydrogen-bond donors (Lipinski definition) is 1. The van der Waals surface area contributed by atoms with Crippen molar-refractivity contribution in [3.63, 3.8) is 0 Å². The van der Waals surface area contributed by atoms with Crippen LogP contribution < -0.4 is 5.32 Å². The van der Waals surface area contributed by atoms with Gasteiger partial charge in [-0.25, -0.2) is 4.39 Å². The Morgan fingerprint density at radius 2 is 2.05 bits per heavy atom. The van der Waals surface area contributed by atoms with E-state index in [-0.39, 0.29) is 18.0 Å². The average molecular weight is 280 g/mol. The molecule has 3 unspecified atom stereocenters. The molecule has 2 rings (SSSR count). The number of benzene rings is 1. The van der Waals surface area contributed by atoms with Crippen LogP contribution in [0.1, 0.15) is 31.4 Å². The summed E-state index contributed by atoms with van der Waals surface area (Å²) >= 11 is 0. The zero-order valence-corrected chi connectivity index (χ0v) is 12.6. The second-order valence-electron chi connectivity index (χ2n) is 5.65. The minimum atomic E-state index is -0.132. The van der Waals surface area contributed by atoms with E-state index < -0.39 is 0 Å². The van der Waals surface area contributed by atoms with Gasteiger partial charge in [0.15, 0.2) is 0 Å². The van der Waals surface area contributed by atoms with Gasteiger partial charge < -0.3 is 10.1 Å². The van der Waals surface area contributed by atoms with Crippen LogP contribution >= 0.6 is 0 Å². The molecule has 3 nitrogen and oxygen atoms in total. The number of rotatable bonds is 6. The number of nitrogens with one attached hydrogen (secondary N) is 1. The molecule has 1 aliphatic heterocycles. The van der Waals surface area contributed by atoms with E-state index in [2.05, 4.69) is 10.2 Å². The van der Waals surface area contributed by atoms with Crippen LogP contribution in [0.3, 0.4) is 0 Å². The summed E-state index contributed by atoms with van der Waals surface area (Å²) in [6.07, 6.45) is 2.77. The molecule has 0 aromatic heterocycles. The second kappa shape index (κ2) is 7.16. The van der Waals surface area contributed by atoms with Gasteiger partial charge in [0.1, 0.15) is 5.82 Å². The third-order valence-electron chi connectivity index (χ3n) is 4.14. The average Bonchev–Trinajstić information content (AvgIpc) is 2.86. The Labute approximate surface area is 121 Å². The van der Waals surface area contributed by atoms with Crippen molar-refractivity contribution >= 4 is 0 Å². The predicted octanol–water partition coefficient (Wildman–Crippen LogP) is 2.59. The molecule has 0 saturated carbocycles. The first-order chi connectivity index (χ1) is 9.61. The normalized spacial score (nSPS) is 24.2. The van der Waals surface area contributed by atoms with Gasteiger partial charge in [0.2, 0.25) is 0 Å². The van der Waals surface area contributed by atoms with E-state index in [4.69, 9.17) is 4.74 Å². The van der Waals surface area contributed by atoms with Gasteiger partial charge in [0.05, 0.1) is 12.2 Å². The van der Waals surface area contributed by atoms with Crippen molar-refractivity contribution in [2.45, 2.75) is 38.0 Å². The second-order valence-corrected chi connectivity index (χ2v) is 5.65. The fraction of sp³-hybridized carbons (Fsp3) is 0.625. The van der Waals surface area contributed by atoms with Crippen molar-refractivity contribution in [3.8, 4) is 0 Å². The Bertz CT molecular complexity index is 427. The molecular weight excluding hydrogens is 255 g/mol. The molecule has 1 aliphatic rings. The van der Waals surface area contributed by atoms with Gasteiger partial charge in [-0.2, -0.15) is 0 Å². The van der Waals surface area contributed by atoms with Gasteiger partial charge in [-0.3, -0.25) is 4.90 Å². The van der Waals surface area contributed by atoms with Crippen molar-refractivity contribution < 1.29 is 9.13 Å². The van der Waals surface area contributed by atoms with Gasteiger partial charge in [-0.1, -0.05) is 18.2 Å². The number of hydrogen-bond acceptors (Lipinski definition) is 3. The molecule has 1 heterocycles. The number of halogens is 1. The molecule has 3 atom stereocenters. The highest BCUT2D eigenvalue weighted by Gasteiger charge is 2.27. The maximum atomic E-state index is 13.8. The van der Waals surface area contributed by atoms with Crippen LogP contribution in [0.15, 0.2) is 24.3 Å². The smallest absolute Gasteiger partial charge is 0.127 e. The number of ether oxygens (including phenoxy) is 1. The summed E-state index contributed by atoms with van der Waals surface area (Å²) < 4.78 is 19.8. The Hall–Kier alpha value is -0.970. The van der Waals surface area contributed by atoms with Gasteiger partial charge >= 0.3 is 0 Å². The maximum absolute atomic E-state index is 13.8. The van der Waals surface area contributed by atoms with Crippen LogP contribution in [0.4, 0.5) is 4.39 Å². The molecule has 4 heteroatoms. The molecule has 1 fully saturated rings. The molecule has 0 aliphatic carbocycles. The Morgan fingerprint density at radius 3 is 2.75 bits per heavy atom. The molecule has 0 bridgehead atoms. The fourth-order valence-electron chi connectivity index (χ4n) is 2.82. The minimum absolute atomic E-state index is 0.0585. The SMILES string of the molecule is CNCC1CCC(CN(C)C(C)c2ccccc2F)O1. The molecule has 1 N–H and O–H groups in total. The molecule has 0 spiro atoms. The first kappa shape index (κ1) is 15.4. The van der Waals surface area contributed by atoms with Gasteiger partial charge in [-0.15, -0.1) is 0 Å². The van der Waals surface area contributed by atoms with E-state index in [1.54, 1.807) is 6.07 Å². The Balaban J connectivity index is 1.89. The fourth-order valence-corrected chi connectivity index (χ4v) is 2.82. The van der Waals surface area contributed by atoms with Gasteiger partial charge in [0.25, 0.3) is 0 Å². The Kier molecular flexibility index (Phi) is 5.52. The van der Waals surface area contributed by atoms with E-state index in [1.165, 1.54) is 6.07 Å². The first-order valence-corrected chi connectivity index (χ1v) is 7.36. The van der Waals surface area contributed by atoms with Crippen molar-refractivity contribution in [2.75, 3.05) is 27.2 Å². The third-order valence-corrected chi connectivity index (χ3v) is 4.14.